The summed E-state index contributed by atoms with van der Waals surface area (Å²) in [6.07, 6.45) is 6.39. The highest BCUT2D eigenvalue weighted by Gasteiger charge is 1.99. The Morgan fingerprint density at radius 3 is 3.00 bits per heavy atom. The van der Waals surface area contributed by atoms with Crippen LogP contribution in [0.3, 0.4) is 0 Å². The first-order valence-corrected chi connectivity index (χ1v) is 5.70. The third-order valence-corrected chi connectivity index (χ3v) is 2.71. The molecule has 0 saturated carbocycles. The van der Waals surface area contributed by atoms with Crippen LogP contribution in [0.5, 0.6) is 0 Å². The third kappa shape index (κ3) is 2.55. The van der Waals surface area contributed by atoms with E-state index >= 15 is 0 Å². The Balaban J connectivity index is 1.96. The van der Waals surface area contributed by atoms with Gasteiger partial charge in [0.25, 0.3) is 0 Å². The zero-order valence-corrected chi connectivity index (χ0v) is 9.16. The average Bonchev–Trinajstić information content (AvgIpc) is 2.71. The Morgan fingerprint density at radius 2 is 2.13 bits per heavy atom. The molecule has 0 aliphatic heterocycles. The first-order valence-electron chi connectivity index (χ1n) is 5.70. The zero-order valence-electron chi connectivity index (χ0n) is 9.16. The molecule has 0 radical (unpaired) electrons. The standard InChI is InChI=1S/C12H17N3/c1-2-3-4-5-6-10-7-8-11-12(9-10)14-15-13-11/h7-9H,2-6H2,1H3,(H,13,14,15). The number of nitrogens with one attached hydrogen (secondary N) is 1. The Hall–Kier alpha value is -1.38. The molecule has 0 saturated heterocycles. The van der Waals surface area contributed by atoms with E-state index in [-0.39, 0.29) is 0 Å². The number of aromatic nitrogens is 3. The van der Waals surface area contributed by atoms with Crippen LogP contribution in [0.4, 0.5) is 0 Å². The molecule has 1 heterocycles. The summed E-state index contributed by atoms with van der Waals surface area (Å²) in [5, 5.41) is 10.7. The lowest BCUT2D eigenvalue weighted by Gasteiger charge is -2.00. The minimum Gasteiger partial charge on any atom is -0.258 e. The van der Waals surface area contributed by atoms with E-state index in [1.807, 2.05) is 0 Å². The van der Waals surface area contributed by atoms with Gasteiger partial charge in [0.15, 0.2) is 0 Å². The van der Waals surface area contributed by atoms with Crippen LogP contribution in [0, 0.1) is 0 Å². The van der Waals surface area contributed by atoms with Gasteiger partial charge in [-0.1, -0.05) is 37.5 Å². The second-order valence-corrected chi connectivity index (χ2v) is 3.97. The molecule has 0 aliphatic rings. The van der Waals surface area contributed by atoms with Crippen LogP contribution in [0.1, 0.15) is 38.2 Å². The third-order valence-electron chi connectivity index (χ3n) is 2.71. The quantitative estimate of drug-likeness (QED) is 0.759. The molecule has 0 atom stereocenters. The smallest absolute Gasteiger partial charge is 0.113 e. The van der Waals surface area contributed by atoms with Gasteiger partial charge in [0.2, 0.25) is 0 Å². The van der Waals surface area contributed by atoms with Crippen LogP contribution in [0.2, 0.25) is 0 Å². The number of rotatable bonds is 5. The minimum absolute atomic E-state index is 0.975. The van der Waals surface area contributed by atoms with Gasteiger partial charge in [-0.3, -0.25) is 5.10 Å². The second kappa shape index (κ2) is 4.91. The number of benzene rings is 1. The number of hydrogen-bond acceptors (Lipinski definition) is 2. The summed E-state index contributed by atoms with van der Waals surface area (Å²) in [6.45, 7) is 2.24. The maximum absolute atomic E-state index is 4.02. The lowest BCUT2D eigenvalue weighted by atomic mass is 10.1. The van der Waals surface area contributed by atoms with Crippen molar-refractivity contribution in [2.24, 2.45) is 0 Å². The Bertz CT molecular complexity index is 419. The molecule has 2 aromatic rings. The van der Waals surface area contributed by atoms with Crippen LogP contribution in [-0.4, -0.2) is 15.4 Å². The van der Waals surface area contributed by atoms with E-state index in [0.29, 0.717) is 0 Å². The molecule has 15 heavy (non-hydrogen) atoms. The van der Waals surface area contributed by atoms with Crippen LogP contribution in [-0.2, 0) is 6.42 Å². The monoisotopic (exact) mass is 203 g/mol. The molecule has 1 aromatic carbocycles. The summed E-state index contributed by atoms with van der Waals surface area (Å²) >= 11 is 0. The highest BCUT2D eigenvalue weighted by Crippen LogP contribution is 2.13. The van der Waals surface area contributed by atoms with Gasteiger partial charge in [-0.05, 0) is 30.5 Å². The van der Waals surface area contributed by atoms with E-state index in [9.17, 15) is 0 Å². The molecule has 0 spiro atoms. The normalized spacial score (nSPS) is 11.0. The van der Waals surface area contributed by atoms with Crippen LogP contribution in [0.25, 0.3) is 11.0 Å². The summed E-state index contributed by atoms with van der Waals surface area (Å²) in [5.74, 6) is 0. The van der Waals surface area contributed by atoms with Crippen molar-refractivity contribution >= 4 is 11.0 Å². The van der Waals surface area contributed by atoms with E-state index in [0.717, 1.165) is 17.5 Å². The van der Waals surface area contributed by atoms with Gasteiger partial charge in [-0.25, -0.2) is 0 Å². The molecule has 0 fully saturated rings. The van der Waals surface area contributed by atoms with Crippen LogP contribution < -0.4 is 0 Å². The van der Waals surface area contributed by atoms with Crippen LogP contribution in [0.15, 0.2) is 18.2 Å². The number of aryl methyl sites for hydroxylation is 1. The lowest BCUT2D eigenvalue weighted by Crippen LogP contribution is -1.85. The first-order chi connectivity index (χ1) is 7.40. The number of aromatic amines is 1. The molecule has 3 nitrogen and oxygen atoms in total. The topological polar surface area (TPSA) is 41.6 Å². The molecule has 0 amide bonds. The van der Waals surface area contributed by atoms with Gasteiger partial charge >= 0.3 is 0 Å². The fourth-order valence-electron chi connectivity index (χ4n) is 1.80. The second-order valence-electron chi connectivity index (χ2n) is 3.97. The molecule has 1 aromatic heterocycles. The number of fused-ring (bicyclic) bond motifs is 1. The highest BCUT2D eigenvalue weighted by molar-refractivity contribution is 5.74. The van der Waals surface area contributed by atoms with Gasteiger partial charge < -0.3 is 0 Å². The number of unbranched alkanes of at least 4 members (excludes halogenated alkanes) is 3. The van der Waals surface area contributed by atoms with Crippen molar-refractivity contribution in [2.45, 2.75) is 39.0 Å². The molecule has 80 valence electrons. The molecule has 1 N–H and O–H groups in total. The van der Waals surface area contributed by atoms with E-state index in [4.69, 9.17) is 0 Å². The van der Waals surface area contributed by atoms with Crippen molar-refractivity contribution in [3.8, 4) is 0 Å². The molecule has 3 heteroatoms. The molecule has 0 unspecified atom stereocenters. The predicted molar refractivity (Wildman–Crippen MR) is 61.7 cm³/mol. The van der Waals surface area contributed by atoms with Crippen molar-refractivity contribution in [3.05, 3.63) is 23.8 Å². The molecular weight excluding hydrogens is 186 g/mol. The van der Waals surface area contributed by atoms with E-state index < -0.39 is 0 Å². The van der Waals surface area contributed by atoms with Crippen molar-refractivity contribution in [2.75, 3.05) is 0 Å². The van der Waals surface area contributed by atoms with Gasteiger partial charge in [-0.15, -0.1) is 5.10 Å². The summed E-state index contributed by atoms with van der Waals surface area (Å²) in [5.41, 5.74) is 3.36. The van der Waals surface area contributed by atoms with Crippen molar-refractivity contribution < 1.29 is 0 Å². The van der Waals surface area contributed by atoms with Gasteiger partial charge in [0, 0.05) is 0 Å². The maximum Gasteiger partial charge on any atom is 0.113 e. The van der Waals surface area contributed by atoms with Gasteiger partial charge in [-0.2, -0.15) is 0 Å². The summed E-state index contributed by atoms with van der Waals surface area (Å²) in [7, 11) is 0. The van der Waals surface area contributed by atoms with E-state index in [1.165, 1.54) is 31.2 Å². The Morgan fingerprint density at radius 1 is 1.20 bits per heavy atom. The number of H-pyrrole nitrogens is 1. The van der Waals surface area contributed by atoms with Crippen LogP contribution >= 0.6 is 0 Å². The molecule has 0 bridgehead atoms. The molecule has 0 aliphatic carbocycles. The Kier molecular flexibility index (Phi) is 3.33. The summed E-state index contributed by atoms with van der Waals surface area (Å²) in [4.78, 5) is 0. The number of hydrogen-bond donors (Lipinski definition) is 1. The zero-order chi connectivity index (χ0) is 10.5. The van der Waals surface area contributed by atoms with Gasteiger partial charge in [0.05, 0.1) is 5.52 Å². The van der Waals surface area contributed by atoms with Gasteiger partial charge in [0.1, 0.15) is 5.52 Å². The Labute approximate surface area is 89.9 Å². The summed E-state index contributed by atoms with van der Waals surface area (Å²) in [6, 6.07) is 6.35. The molecule has 2 rings (SSSR count). The predicted octanol–water partition coefficient (Wildman–Crippen LogP) is 3.08. The van der Waals surface area contributed by atoms with E-state index in [1.54, 1.807) is 0 Å². The summed E-state index contributed by atoms with van der Waals surface area (Å²) < 4.78 is 0. The van der Waals surface area contributed by atoms with Crippen molar-refractivity contribution in [1.29, 1.82) is 0 Å². The van der Waals surface area contributed by atoms with Crippen molar-refractivity contribution in [3.63, 3.8) is 0 Å². The van der Waals surface area contributed by atoms with Crippen molar-refractivity contribution in [1.82, 2.24) is 15.4 Å². The largest absolute Gasteiger partial charge is 0.258 e. The fraction of sp³-hybridized carbons (Fsp3) is 0.500. The maximum atomic E-state index is 4.02. The SMILES string of the molecule is CCCCCCc1ccc2[nH]nnc2c1. The highest BCUT2D eigenvalue weighted by atomic mass is 15.3. The fourth-order valence-corrected chi connectivity index (χ4v) is 1.80. The molecular formula is C12H17N3. The van der Waals surface area contributed by atoms with E-state index in [2.05, 4.69) is 40.5 Å². The minimum atomic E-state index is 0.975. The average molecular weight is 203 g/mol. The first kappa shape index (κ1) is 10.1. The lowest BCUT2D eigenvalue weighted by molar-refractivity contribution is 0.667. The number of nitrogens with zero attached hydrogens (tertiary/aromatic N) is 2.